The number of nitrogens with zero attached hydrogens (tertiary/aromatic N) is 1. The normalized spacial score (nSPS) is 50.0. The minimum Gasteiger partial charge on any atom is -0.294 e. The minimum atomic E-state index is 0.748. The Morgan fingerprint density at radius 1 is 0.276 bits per heavy atom. The molecule has 12 aliphatic carbocycles. The first kappa shape index (κ1) is 39.5. The number of hydrogen-bond donors (Lipinski definition) is 0. The lowest BCUT2D eigenvalue weighted by Crippen LogP contribution is -2.57. The molecule has 1 heteroatoms. The van der Waals surface area contributed by atoms with Crippen LogP contribution in [0.2, 0.25) is 0 Å². The first-order valence-corrected chi connectivity index (χ1v) is 28.5. The van der Waals surface area contributed by atoms with Crippen molar-refractivity contribution < 1.29 is 0 Å². The van der Waals surface area contributed by atoms with Gasteiger partial charge in [0.1, 0.15) is 0 Å². The van der Waals surface area contributed by atoms with E-state index in [0.717, 1.165) is 118 Å². The van der Waals surface area contributed by atoms with Crippen LogP contribution in [0.5, 0.6) is 0 Å². The Labute approximate surface area is 359 Å². The van der Waals surface area contributed by atoms with E-state index in [-0.39, 0.29) is 0 Å². The van der Waals surface area contributed by atoms with Crippen LogP contribution in [0.1, 0.15) is 238 Å². The molecule has 0 saturated heterocycles. The van der Waals surface area contributed by atoms with Crippen molar-refractivity contribution in [1.82, 2.24) is 4.90 Å². The second-order valence-electron chi connectivity index (χ2n) is 25.6. The zero-order valence-electron chi connectivity index (χ0n) is 38.1. The van der Waals surface area contributed by atoms with Crippen molar-refractivity contribution in [2.75, 3.05) is 0 Å². The van der Waals surface area contributed by atoms with Crippen LogP contribution in [0.25, 0.3) is 0 Å². The predicted octanol–water partition coefficient (Wildman–Crippen LogP) is 15.8. The lowest BCUT2D eigenvalue weighted by atomic mass is 9.48. The quantitative estimate of drug-likeness (QED) is 0.259. The van der Waals surface area contributed by atoms with Crippen LogP contribution in [-0.2, 0) is 0 Å². The van der Waals surface area contributed by atoms with E-state index in [1.54, 1.807) is 231 Å². The van der Waals surface area contributed by atoms with E-state index in [0.29, 0.717) is 0 Å². The molecular weight excluding hydrogens is 699 g/mol. The smallest absolute Gasteiger partial charge is 0.0132 e. The highest BCUT2D eigenvalue weighted by Crippen LogP contribution is 2.73. The molecule has 326 valence electrons. The van der Waals surface area contributed by atoms with E-state index in [9.17, 15) is 0 Å². The highest BCUT2D eigenvalue weighted by Gasteiger charge is 2.67. The summed E-state index contributed by atoms with van der Waals surface area (Å²) >= 11 is 0. The summed E-state index contributed by atoms with van der Waals surface area (Å²) in [7, 11) is 0. The molecule has 12 rings (SSSR count). The lowest BCUT2D eigenvalue weighted by molar-refractivity contribution is -0.0862. The molecule has 0 aromatic carbocycles. The van der Waals surface area contributed by atoms with E-state index in [1.165, 1.54) is 6.42 Å². The van der Waals surface area contributed by atoms with Crippen LogP contribution >= 0.6 is 0 Å². The predicted molar refractivity (Wildman–Crippen MR) is 242 cm³/mol. The Morgan fingerprint density at radius 3 is 1.55 bits per heavy atom. The number of hydrogen-bond acceptors (Lipinski definition) is 1. The summed E-state index contributed by atoms with van der Waals surface area (Å²) in [5.74, 6) is 17.7. The molecule has 0 N–H and O–H groups in total. The van der Waals surface area contributed by atoms with Crippen molar-refractivity contribution in [3.8, 4) is 0 Å². The first-order valence-electron chi connectivity index (χ1n) is 28.5. The number of rotatable bonds is 6. The molecular formula is C57H93N. The molecule has 15 atom stereocenters. The third kappa shape index (κ3) is 6.61. The third-order valence-corrected chi connectivity index (χ3v) is 24.0. The number of fused-ring (bicyclic) bond motifs is 9. The molecule has 12 saturated carbocycles. The van der Waals surface area contributed by atoms with E-state index < -0.39 is 0 Å². The van der Waals surface area contributed by atoms with Crippen molar-refractivity contribution in [3.63, 3.8) is 0 Å². The monoisotopic (exact) mass is 792 g/mol. The molecule has 58 heavy (non-hydrogen) atoms. The van der Waals surface area contributed by atoms with Gasteiger partial charge in [0.2, 0.25) is 0 Å². The first-order chi connectivity index (χ1) is 28.8. The highest BCUT2D eigenvalue weighted by atomic mass is 15.2. The summed E-state index contributed by atoms with van der Waals surface area (Å²) in [6, 6.07) is 2.82. The summed E-state index contributed by atoms with van der Waals surface area (Å²) < 4.78 is 0. The van der Waals surface area contributed by atoms with Gasteiger partial charge in [0, 0.05) is 18.1 Å². The van der Waals surface area contributed by atoms with Crippen LogP contribution < -0.4 is 0 Å². The van der Waals surface area contributed by atoms with Crippen LogP contribution in [0.4, 0.5) is 0 Å². The second-order valence-corrected chi connectivity index (χ2v) is 25.6. The fraction of sp³-hybridized carbons (Fsp3) is 1.00. The Kier molecular flexibility index (Phi) is 11.5. The van der Waals surface area contributed by atoms with Gasteiger partial charge in [-0.3, -0.25) is 4.90 Å². The zero-order chi connectivity index (χ0) is 38.2. The van der Waals surface area contributed by atoms with Crippen LogP contribution in [-0.4, -0.2) is 23.0 Å². The maximum Gasteiger partial charge on any atom is 0.0132 e. The van der Waals surface area contributed by atoms with Crippen LogP contribution in [0, 0.1) is 100 Å². The lowest BCUT2D eigenvalue weighted by Gasteiger charge is -2.57. The standard InChI is InChI=1S/C57H93N/c1-4-20-42(21-5-1)57(43-22-6-2-7-23-43)53-29-15-14-27-47(53)50-36-45(31-32-54(50)57)58(44-24-8-3-9-25-44)55-30-16-28-48-51(55)37-52-46-26-13-12-19-40(46)35-49(56(48)52)41-33-38-17-10-11-18-39(38)34-41/h38-56H,1-37H2. The third-order valence-electron chi connectivity index (χ3n) is 24.0. The van der Waals surface area contributed by atoms with Crippen LogP contribution in [0.15, 0.2) is 0 Å². The van der Waals surface area contributed by atoms with Crippen molar-refractivity contribution in [2.45, 2.75) is 256 Å². The molecule has 0 radical (unpaired) electrons. The molecule has 0 aromatic heterocycles. The van der Waals surface area contributed by atoms with Gasteiger partial charge >= 0.3 is 0 Å². The fourth-order valence-electron chi connectivity index (χ4n) is 22.7. The van der Waals surface area contributed by atoms with Crippen molar-refractivity contribution in [3.05, 3.63) is 0 Å². The Balaban J connectivity index is 0.864. The van der Waals surface area contributed by atoms with Gasteiger partial charge in [-0.05, 0) is 216 Å². The minimum absolute atomic E-state index is 0.748. The molecule has 0 amide bonds. The summed E-state index contributed by atoms with van der Waals surface area (Å²) in [4.78, 5) is 3.57. The van der Waals surface area contributed by atoms with E-state index in [4.69, 9.17) is 0 Å². The highest BCUT2D eigenvalue weighted by molar-refractivity contribution is 5.16. The molecule has 12 aliphatic rings. The van der Waals surface area contributed by atoms with E-state index in [2.05, 4.69) is 4.90 Å². The van der Waals surface area contributed by atoms with Crippen LogP contribution in [0.3, 0.4) is 0 Å². The van der Waals surface area contributed by atoms with Gasteiger partial charge in [0.05, 0.1) is 0 Å². The largest absolute Gasteiger partial charge is 0.294 e. The fourth-order valence-corrected chi connectivity index (χ4v) is 22.7. The SMILES string of the molecule is C1CCC(N(C2CCC3C(C2)C2CCCCC2C3(C2CCCCC2)C2CCCCC2)C2CCCC3C2CC2C4CCCCC4CC(C4CC5CCCCC5C4)C23)CC1. The van der Waals surface area contributed by atoms with E-state index in [1.807, 2.05) is 0 Å². The molecule has 15 unspecified atom stereocenters. The maximum absolute atomic E-state index is 3.57. The Hall–Kier alpha value is -0.0400. The van der Waals surface area contributed by atoms with Gasteiger partial charge in [-0.1, -0.05) is 122 Å². The summed E-state index contributed by atoms with van der Waals surface area (Å²) in [6.07, 6.45) is 59.2. The maximum atomic E-state index is 3.57. The van der Waals surface area contributed by atoms with Gasteiger partial charge in [0.15, 0.2) is 0 Å². The topological polar surface area (TPSA) is 3.24 Å². The molecule has 0 spiro atoms. The van der Waals surface area contributed by atoms with Gasteiger partial charge < -0.3 is 0 Å². The average molecular weight is 792 g/mol. The summed E-state index contributed by atoms with van der Waals surface area (Å²) in [5.41, 5.74) is 0.748. The van der Waals surface area contributed by atoms with Gasteiger partial charge in [-0.25, -0.2) is 0 Å². The molecule has 1 nitrogen and oxygen atoms in total. The van der Waals surface area contributed by atoms with Gasteiger partial charge in [0.25, 0.3) is 0 Å². The zero-order valence-corrected chi connectivity index (χ0v) is 38.1. The van der Waals surface area contributed by atoms with Crippen molar-refractivity contribution >= 4 is 0 Å². The van der Waals surface area contributed by atoms with Gasteiger partial charge in [-0.2, -0.15) is 0 Å². The molecule has 0 bridgehead atoms. The Morgan fingerprint density at radius 2 is 0.845 bits per heavy atom. The summed E-state index contributed by atoms with van der Waals surface area (Å²) in [5, 5.41) is 0. The Bertz CT molecular complexity index is 1330. The molecule has 0 aromatic rings. The molecule has 0 aliphatic heterocycles. The van der Waals surface area contributed by atoms with Crippen molar-refractivity contribution in [2.24, 2.45) is 100 Å². The summed E-state index contributed by atoms with van der Waals surface area (Å²) in [6.45, 7) is 0. The molecule has 12 fully saturated rings. The van der Waals surface area contributed by atoms with Crippen molar-refractivity contribution in [1.29, 1.82) is 0 Å². The molecule has 0 heterocycles. The average Bonchev–Trinajstić information content (AvgIpc) is 3.99. The van der Waals surface area contributed by atoms with Gasteiger partial charge in [-0.15, -0.1) is 0 Å². The van der Waals surface area contributed by atoms with E-state index >= 15 is 0 Å². The second kappa shape index (κ2) is 16.8.